The van der Waals surface area contributed by atoms with Crippen LogP contribution in [-0.2, 0) is 0 Å². The van der Waals surface area contributed by atoms with Crippen molar-refractivity contribution < 1.29 is 4.79 Å². The molecule has 3 N–H and O–H groups in total. The lowest BCUT2D eigenvalue weighted by molar-refractivity contribution is 0.100. The lowest BCUT2D eigenvalue weighted by Gasteiger charge is -2.03. The average molecular weight is 266 g/mol. The molecule has 6 nitrogen and oxygen atoms in total. The van der Waals surface area contributed by atoms with Gasteiger partial charge in [-0.2, -0.15) is 0 Å². The van der Waals surface area contributed by atoms with E-state index in [-0.39, 0.29) is 11.1 Å². The molecule has 2 heterocycles. The molecule has 0 aliphatic carbocycles. The van der Waals surface area contributed by atoms with Gasteiger partial charge in [-0.1, -0.05) is 0 Å². The van der Waals surface area contributed by atoms with Gasteiger partial charge in [0, 0.05) is 23.5 Å². The summed E-state index contributed by atoms with van der Waals surface area (Å²) in [6, 6.07) is 8.15. The van der Waals surface area contributed by atoms with Gasteiger partial charge in [-0.3, -0.25) is 14.6 Å². The van der Waals surface area contributed by atoms with Crippen molar-refractivity contribution in [1.82, 2.24) is 15.0 Å². The third-order valence-corrected chi connectivity index (χ3v) is 2.92. The summed E-state index contributed by atoms with van der Waals surface area (Å²) in [6.07, 6.45) is 3.25. The third kappa shape index (κ3) is 2.03. The lowest BCUT2D eigenvalue weighted by atomic mass is 10.1. The number of carbonyl (C=O) groups is 1. The van der Waals surface area contributed by atoms with E-state index in [1.54, 1.807) is 36.7 Å². The summed E-state index contributed by atoms with van der Waals surface area (Å²) in [5, 5.41) is 0.328. The number of hydrogen-bond donors (Lipinski definition) is 2. The molecule has 0 saturated heterocycles. The minimum absolute atomic E-state index is 0.277. The minimum atomic E-state index is -0.581. The van der Waals surface area contributed by atoms with Crippen LogP contribution in [0.4, 0.5) is 0 Å². The summed E-state index contributed by atoms with van der Waals surface area (Å²) >= 11 is 0. The van der Waals surface area contributed by atoms with Crippen molar-refractivity contribution >= 4 is 16.8 Å². The van der Waals surface area contributed by atoms with Crippen LogP contribution in [0.5, 0.6) is 0 Å². The normalized spacial score (nSPS) is 10.6. The number of nitrogens with two attached hydrogens (primary N) is 1. The number of pyridine rings is 1. The number of hydrogen-bond acceptors (Lipinski definition) is 4. The van der Waals surface area contributed by atoms with Crippen LogP contribution in [0.2, 0.25) is 0 Å². The number of H-pyrrole nitrogens is 1. The SMILES string of the molecule is NC(=O)c1ccc2nc(-c3cccnc3)[nH]c(=O)c2c1. The van der Waals surface area contributed by atoms with Crippen LogP contribution in [0.15, 0.2) is 47.5 Å². The minimum Gasteiger partial charge on any atom is -0.366 e. The molecule has 0 atom stereocenters. The van der Waals surface area contributed by atoms with E-state index in [4.69, 9.17) is 5.73 Å². The van der Waals surface area contributed by atoms with E-state index in [0.717, 1.165) is 0 Å². The van der Waals surface area contributed by atoms with Crippen molar-refractivity contribution in [2.24, 2.45) is 5.73 Å². The molecule has 0 saturated carbocycles. The Kier molecular flexibility index (Phi) is 2.76. The van der Waals surface area contributed by atoms with Crippen LogP contribution in [0, 0.1) is 0 Å². The Morgan fingerprint density at radius 3 is 2.80 bits per heavy atom. The molecule has 0 spiro atoms. The predicted molar refractivity (Wildman–Crippen MR) is 74.1 cm³/mol. The number of nitrogens with zero attached hydrogens (tertiary/aromatic N) is 2. The first-order valence-corrected chi connectivity index (χ1v) is 5.89. The Morgan fingerprint density at radius 2 is 2.10 bits per heavy atom. The molecule has 3 aromatic rings. The summed E-state index contributed by atoms with van der Waals surface area (Å²) in [4.78, 5) is 34.2. The second-order valence-corrected chi connectivity index (χ2v) is 4.25. The number of aromatic nitrogens is 3. The number of primary amides is 1. The van der Waals surface area contributed by atoms with E-state index in [2.05, 4.69) is 15.0 Å². The van der Waals surface area contributed by atoms with Crippen molar-refractivity contribution in [1.29, 1.82) is 0 Å². The maximum Gasteiger partial charge on any atom is 0.259 e. The monoisotopic (exact) mass is 266 g/mol. The summed E-state index contributed by atoms with van der Waals surface area (Å²) in [5.41, 5.74) is 6.36. The van der Waals surface area contributed by atoms with Gasteiger partial charge < -0.3 is 10.7 Å². The van der Waals surface area contributed by atoms with E-state index in [1.807, 2.05) is 0 Å². The van der Waals surface area contributed by atoms with Crippen molar-refractivity contribution in [3.63, 3.8) is 0 Å². The Labute approximate surface area is 113 Å². The van der Waals surface area contributed by atoms with Crippen molar-refractivity contribution in [3.05, 3.63) is 58.6 Å². The fourth-order valence-electron chi connectivity index (χ4n) is 1.93. The van der Waals surface area contributed by atoms with Gasteiger partial charge in [0.1, 0.15) is 5.82 Å². The summed E-state index contributed by atoms with van der Waals surface area (Å²) in [5.74, 6) is -0.148. The van der Waals surface area contributed by atoms with Crippen molar-refractivity contribution in [3.8, 4) is 11.4 Å². The predicted octanol–water partition coefficient (Wildman–Crippen LogP) is 1.08. The molecule has 3 rings (SSSR count). The van der Waals surface area contributed by atoms with Crippen LogP contribution in [0.25, 0.3) is 22.3 Å². The molecule has 1 amide bonds. The summed E-state index contributed by atoms with van der Waals surface area (Å²) < 4.78 is 0. The lowest BCUT2D eigenvalue weighted by Crippen LogP contribution is -2.14. The zero-order chi connectivity index (χ0) is 14.1. The molecule has 20 heavy (non-hydrogen) atoms. The Hall–Kier alpha value is -3.02. The Balaban J connectivity index is 2.24. The van der Waals surface area contributed by atoms with Crippen LogP contribution in [-0.4, -0.2) is 20.9 Å². The fourth-order valence-corrected chi connectivity index (χ4v) is 1.93. The Bertz CT molecular complexity index is 856. The molecule has 0 aliphatic rings. The molecular weight excluding hydrogens is 256 g/mol. The quantitative estimate of drug-likeness (QED) is 0.724. The zero-order valence-corrected chi connectivity index (χ0v) is 10.3. The van der Waals surface area contributed by atoms with Crippen LogP contribution in [0.1, 0.15) is 10.4 Å². The van der Waals surface area contributed by atoms with Gasteiger partial charge in [0.05, 0.1) is 10.9 Å². The highest BCUT2D eigenvalue weighted by Crippen LogP contribution is 2.15. The first-order valence-electron chi connectivity index (χ1n) is 5.89. The molecular formula is C14H10N4O2. The average Bonchev–Trinajstić information content (AvgIpc) is 2.47. The number of fused-ring (bicyclic) bond motifs is 1. The molecule has 0 fully saturated rings. The topological polar surface area (TPSA) is 102 Å². The van der Waals surface area contributed by atoms with E-state index < -0.39 is 5.91 Å². The van der Waals surface area contributed by atoms with Gasteiger partial charge in [0.25, 0.3) is 5.56 Å². The number of benzene rings is 1. The van der Waals surface area contributed by atoms with Gasteiger partial charge in [-0.15, -0.1) is 0 Å². The van der Waals surface area contributed by atoms with Gasteiger partial charge in [0.2, 0.25) is 5.91 Å². The zero-order valence-electron chi connectivity index (χ0n) is 10.3. The largest absolute Gasteiger partial charge is 0.366 e. The molecule has 2 aromatic heterocycles. The van der Waals surface area contributed by atoms with Crippen molar-refractivity contribution in [2.75, 3.05) is 0 Å². The molecule has 0 aliphatic heterocycles. The second-order valence-electron chi connectivity index (χ2n) is 4.25. The highest BCUT2D eigenvalue weighted by atomic mass is 16.1. The van der Waals surface area contributed by atoms with Crippen LogP contribution in [0.3, 0.4) is 0 Å². The van der Waals surface area contributed by atoms with E-state index in [0.29, 0.717) is 22.3 Å². The highest BCUT2D eigenvalue weighted by molar-refractivity contribution is 5.96. The maximum atomic E-state index is 12.1. The van der Waals surface area contributed by atoms with Gasteiger partial charge in [-0.05, 0) is 30.3 Å². The number of amides is 1. The van der Waals surface area contributed by atoms with E-state index in [9.17, 15) is 9.59 Å². The smallest absolute Gasteiger partial charge is 0.259 e. The molecule has 0 unspecified atom stereocenters. The van der Waals surface area contributed by atoms with E-state index >= 15 is 0 Å². The maximum absolute atomic E-state index is 12.1. The highest BCUT2D eigenvalue weighted by Gasteiger charge is 2.08. The molecule has 6 heteroatoms. The number of rotatable bonds is 2. The summed E-state index contributed by atoms with van der Waals surface area (Å²) in [6.45, 7) is 0. The van der Waals surface area contributed by atoms with Crippen LogP contribution < -0.4 is 11.3 Å². The molecule has 0 radical (unpaired) electrons. The number of aromatic amines is 1. The van der Waals surface area contributed by atoms with Gasteiger partial charge >= 0.3 is 0 Å². The summed E-state index contributed by atoms with van der Waals surface area (Å²) in [7, 11) is 0. The second kappa shape index (κ2) is 4.58. The molecule has 0 bridgehead atoms. The Morgan fingerprint density at radius 1 is 1.25 bits per heavy atom. The van der Waals surface area contributed by atoms with Crippen LogP contribution >= 0.6 is 0 Å². The number of carbonyl (C=O) groups excluding carboxylic acids is 1. The molecule has 98 valence electrons. The van der Waals surface area contributed by atoms with E-state index in [1.165, 1.54) is 6.07 Å². The first kappa shape index (κ1) is 12.0. The first-order chi connectivity index (χ1) is 9.65. The number of nitrogens with one attached hydrogen (secondary N) is 1. The third-order valence-electron chi connectivity index (χ3n) is 2.92. The standard InChI is InChI=1S/C14H10N4O2/c15-12(19)8-3-4-11-10(6-8)14(20)18-13(17-11)9-2-1-5-16-7-9/h1-7H,(H2,15,19)(H,17,18,20). The van der Waals surface area contributed by atoms with Gasteiger partial charge in [0.15, 0.2) is 0 Å². The fraction of sp³-hybridized carbons (Fsp3) is 0. The van der Waals surface area contributed by atoms with Crippen molar-refractivity contribution in [2.45, 2.75) is 0 Å². The van der Waals surface area contributed by atoms with Gasteiger partial charge in [-0.25, -0.2) is 4.98 Å². The molecule has 1 aromatic carbocycles.